The molecule has 3 heterocycles. The molecule has 0 bridgehead atoms. The molecule has 1 fully saturated rings. The molecule has 2 amide bonds. The predicted molar refractivity (Wildman–Crippen MR) is 117 cm³/mol. The van der Waals surface area contributed by atoms with Crippen molar-refractivity contribution in [2.75, 3.05) is 18.4 Å². The molecule has 2 aromatic heterocycles. The molecule has 6 nitrogen and oxygen atoms in total. The molecule has 1 saturated heterocycles. The van der Waals surface area contributed by atoms with Crippen LogP contribution in [0, 0.1) is 5.82 Å². The Hall–Kier alpha value is -3.13. The van der Waals surface area contributed by atoms with E-state index < -0.39 is 12.0 Å². The van der Waals surface area contributed by atoms with Crippen LogP contribution in [0.25, 0.3) is 21.9 Å². The summed E-state index contributed by atoms with van der Waals surface area (Å²) in [5.74, 6) is -0.0244. The molecule has 0 spiro atoms. The molecule has 0 saturated carbocycles. The zero-order valence-electron chi connectivity index (χ0n) is 17.5. The lowest BCUT2D eigenvalue weighted by Crippen LogP contribution is -2.54. The minimum Gasteiger partial charge on any atom is -0.321 e. The van der Waals surface area contributed by atoms with E-state index in [9.17, 15) is 13.6 Å². The van der Waals surface area contributed by atoms with Crippen LogP contribution in [0.4, 0.5) is 19.4 Å². The maximum absolute atomic E-state index is 14.5. The van der Waals surface area contributed by atoms with Gasteiger partial charge in [0.2, 0.25) is 0 Å². The summed E-state index contributed by atoms with van der Waals surface area (Å²) in [5, 5.41) is 7.70. The first-order valence-corrected chi connectivity index (χ1v) is 10.4. The first-order chi connectivity index (χ1) is 14.9. The number of alkyl halides is 1. The van der Waals surface area contributed by atoms with Crippen molar-refractivity contribution in [3.8, 4) is 11.1 Å². The van der Waals surface area contributed by atoms with E-state index in [1.54, 1.807) is 18.5 Å². The fourth-order valence-corrected chi connectivity index (χ4v) is 3.85. The van der Waals surface area contributed by atoms with Crippen molar-refractivity contribution in [2.24, 2.45) is 0 Å². The van der Waals surface area contributed by atoms with Gasteiger partial charge >= 0.3 is 6.03 Å². The Kier molecular flexibility index (Phi) is 6.08. The van der Waals surface area contributed by atoms with E-state index in [0.717, 1.165) is 22.5 Å². The number of fused-ring (bicyclic) bond motifs is 1. The van der Waals surface area contributed by atoms with E-state index >= 15 is 0 Å². The lowest BCUT2D eigenvalue weighted by molar-refractivity contribution is 0.119. The average molecular weight is 425 g/mol. The molecular formula is C23H25F2N5O. The number of hydrogen-bond donors (Lipinski definition) is 2. The largest absolute Gasteiger partial charge is 0.323 e. The number of nitrogens with zero attached hydrogens (tertiary/aromatic N) is 3. The highest BCUT2D eigenvalue weighted by atomic mass is 19.1. The van der Waals surface area contributed by atoms with Gasteiger partial charge in [-0.25, -0.2) is 18.6 Å². The number of piperidine rings is 1. The van der Waals surface area contributed by atoms with Gasteiger partial charge < -0.3 is 10.2 Å². The second-order valence-corrected chi connectivity index (χ2v) is 8.13. The zero-order chi connectivity index (χ0) is 22.0. The number of urea groups is 1. The molecule has 0 aliphatic carbocycles. The maximum Gasteiger partial charge on any atom is 0.323 e. The standard InChI is InChI=1S/C23H25F2N5O/c1-14(2)28-21-5-6-30(13-20(21)25)23(31)29-22-9-17-7-15(3-4-16(17)11-27-22)18-8-19(24)12-26-10-18/h3-4,7-12,14,20-21,28H,5-6,13H2,1-2H3,(H,27,29,31)/t20-,21-/m0/s1. The van der Waals surface area contributed by atoms with Gasteiger partial charge in [0, 0.05) is 42.0 Å². The summed E-state index contributed by atoms with van der Waals surface area (Å²) in [6.45, 7) is 4.47. The third-order valence-electron chi connectivity index (χ3n) is 5.37. The summed E-state index contributed by atoms with van der Waals surface area (Å²) < 4.78 is 28.0. The number of rotatable bonds is 4. The molecule has 1 aromatic carbocycles. The number of likely N-dealkylation sites (tertiary alicyclic amines) is 1. The van der Waals surface area contributed by atoms with Crippen molar-refractivity contribution in [1.82, 2.24) is 20.2 Å². The molecule has 2 atom stereocenters. The van der Waals surface area contributed by atoms with Gasteiger partial charge in [0.05, 0.1) is 12.7 Å². The Bertz CT molecular complexity index is 1090. The Morgan fingerprint density at radius 1 is 1.13 bits per heavy atom. The number of hydrogen-bond acceptors (Lipinski definition) is 4. The first-order valence-electron chi connectivity index (χ1n) is 10.4. The van der Waals surface area contributed by atoms with Gasteiger partial charge in [-0.15, -0.1) is 0 Å². The van der Waals surface area contributed by atoms with E-state index in [0.29, 0.717) is 24.3 Å². The van der Waals surface area contributed by atoms with Crippen LogP contribution in [0.15, 0.2) is 48.9 Å². The van der Waals surface area contributed by atoms with E-state index in [4.69, 9.17) is 0 Å². The van der Waals surface area contributed by atoms with Crippen molar-refractivity contribution in [1.29, 1.82) is 0 Å². The van der Waals surface area contributed by atoms with Gasteiger partial charge in [-0.3, -0.25) is 10.3 Å². The summed E-state index contributed by atoms with van der Waals surface area (Å²) in [4.78, 5) is 22.3. The summed E-state index contributed by atoms with van der Waals surface area (Å²) in [7, 11) is 0. The molecular weight excluding hydrogens is 400 g/mol. The Morgan fingerprint density at radius 3 is 2.71 bits per heavy atom. The quantitative estimate of drug-likeness (QED) is 0.651. The number of carbonyl (C=O) groups is 1. The molecule has 1 aliphatic heterocycles. The summed E-state index contributed by atoms with van der Waals surface area (Å²) in [6, 6.07) is 8.40. The van der Waals surface area contributed by atoms with E-state index in [1.807, 2.05) is 32.0 Å². The number of aromatic nitrogens is 2. The highest BCUT2D eigenvalue weighted by Gasteiger charge is 2.31. The highest BCUT2D eigenvalue weighted by Crippen LogP contribution is 2.26. The van der Waals surface area contributed by atoms with Gasteiger partial charge in [-0.2, -0.15) is 0 Å². The number of benzene rings is 1. The molecule has 1 aliphatic rings. The van der Waals surface area contributed by atoms with Crippen LogP contribution in [0.1, 0.15) is 20.3 Å². The number of amides is 2. The van der Waals surface area contributed by atoms with Gasteiger partial charge in [0.15, 0.2) is 0 Å². The monoisotopic (exact) mass is 425 g/mol. The van der Waals surface area contributed by atoms with E-state index in [1.165, 1.54) is 11.0 Å². The Morgan fingerprint density at radius 2 is 1.97 bits per heavy atom. The molecule has 4 rings (SSSR count). The molecule has 31 heavy (non-hydrogen) atoms. The van der Waals surface area contributed by atoms with Crippen LogP contribution in [-0.4, -0.2) is 52.2 Å². The molecule has 0 unspecified atom stereocenters. The van der Waals surface area contributed by atoms with Gasteiger partial charge in [0.1, 0.15) is 17.8 Å². The topological polar surface area (TPSA) is 70.2 Å². The van der Waals surface area contributed by atoms with E-state index in [-0.39, 0.29) is 24.7 Å². The molecule has 0 radical (unpaired) electrons. The van der Waals surface area contributed by atoms with Crippen LogP contribution in [-0.2, 0) is 0 Å². The number of pyridine rings is 2. The van der Waals surface area contributed by atoms with Crippen molar-refractivity contribution < 1.29 is 13.6 Å². The third kappa shape index (κ3) is 4.96. The average Bonchev–Trinajstić information content (AvgIpc) is 2.74. The zero-order valence-corrected chi connectivity index (χ0v) is 17.5. The lowest BCUT2D eigenvalue weighted by Gasteiger charge is -2.35. The van der Waals surface area contributed by atoms with Crippen molar-refractivity contribution in [3.05, 3.63) is 54.7 Å². The van der Waals surface area contributed by atoms with Crippen LogP contribution >= 0.6 is 0 Å². The SMILES string of the molecule is CC(C)N[C@H]1CCN(C(=O)Nc2cc3cc(-c4cncc(F)c4)ccc3cn2)C[C@@H]1F. The summed E-state index contributed by atoms with van der Waals surface area (Å²) in [6.07, 6.45) is 3.86. The van der Waals surface area contributed by atoms with Crippen LogP contribution in [0.5, 0.6) is 0 Å². The second kappa shape index (κ2) is 8.93. The minimum absolute atomic E-state index is 0.0422. The summed E-state index contributed by atoms with van der Waals surface area (Å²) >= 11 is 0. The highest BCUT2D eigenvalue weighted by molar-refractivity contribution is 5.93. The normalized spacial score (nSPS) is 19.1. The van der Waals surface area contributed by atoms with E-state index in [2.05, 4.69) is 20.6 Å². The first kappa shape index (κ1) is 21.1. The predicted octanol–water partition coefficient (Wildman–Crippen LogP) is 4.38. The number of carbonyl (C=O) groups excluding carboxylic acids is 1. The lowest BCUT2D eigenvalue weighted by atomic mass is 10.0. The second-order valence-electron chi connectivity index (χ2n) is 8.13. The van der Waals surface area contributed by atoms with Gasteiger partial charge in [-0.05, 0) is 35.6 Å². The minimum atomic E-state index is -1.12. The molecule has 3 aromatic rings. The number of nitrogens with one attached hydrogen (secondary N) is 2. The maximum atomic E-state index is 14.5. The van der Waals surface area contributed by atoms with Crippen molar-refractivity contribution >= 4 is 22.6 Å². The number of halogens is 2. The smallest absolute Gasteiger partial charge is 0.321 e. The molecule has 8 heteroatoms. The fourth-order valence-electron chi connectivity index (χ4n) is 3.85. The Labute approximate surface area is 179 Å². The van der Waals surface area contributed by atoms with Crippen LogP contribution in [0.3, 0.4) is 0 Å². The fraction of sp³-hybridized carbons (Fsp3) is 0.348. The third-order valence-corrected chi connectivity index (χ3v) is 5.37. The van der Waals surface area contributed by atoms with Gasteiger partial charge in [0.25, 0.3) is 0 Å². The van der Waals surface area contributed by atoms with Crippen molar-refractivity contribution in [2.45, 2.75) is 38.5 Å². The van der Waals surface area contributed by atoms with Crippen molar-refractivity contribution in [3.63, 3.8) is 0 Å². The Balaban J connectivity index is 1.48. The van der Waals surface area contributed by atoms with Crippen LogP contribution < -0.4 is 10.6 Å². The molecule has 2 N–H and O–H groups in total. The molecule has 162 valence electrons. The number of anilines is 1. The summed E-state index contributed by atoms with van der Waals surface area (Å²) in [5.41, 5.74) is 1.47. The van der Waals surface area contributed by atoms with Crippen LogP contribution in [0.2, 0.25) is 0 Å². The van der Waals surface area contributed by atoms with Gasteiger partial charge in [-0.1, -0.05) is 26.0 Å².